The highest BCUT2D eigenvalue weighted by atomic mass is 31.2. The van der Waals surface area contributed by atoms with Gasteiger partial charge in [-0.25, -0.2) is 4.57 Å². The summed E-state index contributed by atoms with van der Waals surface area (Å²) in [5.41, 5.74) is 5.33. The zero-order chi connectivity index (χ0) is 37.5. The van der Waals surface area contributed by atoms with E-state index in [-0.39, 0.29) is 32.6 Å². The summed E-state index contributed by atoms with van der Waals surface area (Å²) in [6, 6.07) is 0. The molecule has 296 valence electrons. The van der Waals surface area contributed by atoms with Crippen molar-refractivity contribution in [1.29, 1.82) is 0 Å². The van der Waals surface area contributed by atoms with Gasteiger partial charge in [-0.2, -0.15) is 0 Å². The van der Waals surface area contributed by atoms with Crippen molar-refractivity contribution in [3.63, 3.8) is 0 Å². The fourth-order valence-corrected chi connectivity index (χ4v) is 5.92. The second-order valence-electron chi connectivity index (χ2n) is 13.1. The van der Waals surface area contributed by atoms with Crippen LogP contribution in [0, 0.1) is 0 Å². The van der Waals surface area contributed by atoms with Crippen molar-refractivity contribution in [2.75, 3.05) is 26.4 Å². The third kappa shape index (κ3) is 37.5. The van der Waals surface area contributed by atoms with Crippen LogP contribution in [0.5, 0.6) is 0 Å². The number of hydrogen-bond donors (Lipinski definition) is 2. The second-order valence-corrected chi connectivity index (χ2v) is 14.6. The fraction of sp³-hybridized carbons (Fsp3) is 0.756. The monoisotopic (exact) mass is 740 g/mol. The largest absolute Gasteiger partial charge is 0.472 e. The van der Waals surface area contributed by atoms with Gasteiger partial charge in [-0.3, -0.25) is 18.6 Å². The Hall–Kier alpha value is -2.03. The van der Waals surface area contributed by atoms with Gasteiger partial charge in [0.1, 0.15) is 6.61 Å². The van der Waals surface area contributed by atoms with Crippen LogP contribution in [0.3, 0.4) is 0 Å². The quantitative estimate of drug-likeness (QED) is 0.0276. The topological polar surface area (TPSA) is 134 Å². The van der Waals surface area contributed by atoms with Crippen LogP contribution in [-0.4, -0.2) is 49.3 Å². The lowest BCUT2D eigenvalue weighted by atomic mass is 10.1. The molecule has 0 heterocycles. The van der Waals surface area contributed by atoms with Gasteiger partial charge in [0.25, 0.3) is 0 Å². The molecule has 0 aliphatic rings. The van der Waals surface area contributed by atoms with Crippen LogP contribution in [0.1, 0.15) is 168 Å². The second kappa shape index (κ2) is 37.7. The molecule has 0 fully saturated rings. The summed E-state index contributed by atoms with van der Waals surface area (Å²) in [4.78, 5) is 34.7. The first-order chi connectivity index (χ1) is 24.8. The van der Waals surface area contributed by atoms with Crippen molar-refractivity contribution in [3.05, 3.63) is 48.6 Å². The summed E-state index contributed by atoms with van der Waals surface area (Å²) in [5, 5.41) is 0. The van der Waals surface area contributed by atoms with Crippen LogP contribution >= 0.6 is 7.82 Å². The van der Waals surface area contributed by atoms with E-state index in [9.17, 15) is 19.0 Å². The Bertz CT molecular complexity index is 981. The maximum absolute atomic E-state index is 12.5. The number of rotatable bonds is 37. The molecule has 2 atom stereocenters. The maximum atomic E-state index is 12.5. The summed E-state index contributed by atoms with van der Waals surface area (Å²) in [5.74, 6) is -0.858. The molecular weight excluding hydrogens is 665 g/mol. The number of nitrogens with two attached hydrogens (primary N) is 1. The van der Waals surface area contributed by atoms with Gasteiger partial charge in [-0.1, -0.05) is 133 Å². The number of carbonyl (C=O) groups is 2. The molecule has 0 rings (SSSR count). The average Bonchev–Trinajstić information content (AvgIpc) is 3.11. The molecule has 0 amide bonds. The van der Waals surface area contributed by atoms with E-state index >= 15 is 0 Å². The molecule has 9 nitrogen and oxygen atoms in total. The highest BCUT2D eigenvalue weighted by Gasteiger charge is 2.25. The molecule has 0 aliphatic carbocycles. The lowest BCUT2D eigenvalue weighted by Crippen LogP contribution is -2.29. The van der Waals surface area contributed by atoms with Gasteiger partial charge in [-0.15, -0.1) is 0 Å². The van der Waals surface area contributed by atoms with E-state index in [4.69, 9.17) is 24.3 Å². The van der Waals surface area contributed by atoms with E-state index in [1.807, 2.05) is 0 Å². The molecule has 3 N–H and O–H groups in total. The fourth-order valence-electron chi connectivity index (χ4n) is 5.15. The van der Waals surface area contributed by atoms with E-state index in [1.54, 1.807) is 0 Å². The zero-order valence-electron chi connectivity index (χ0n) is 32.3. The van der Waals surface area contributed by atoms with Crippen LogP contribution in [0.25, 0.3) is 0 Å². The minimum atomic E-state index is -4.38. The number of ether oxygens (including phenoxy) is 2. The van der Waals surface area contributed by atoms with Gasteiger partial charge in [0.15, 0.2) is 6.10 Å². The highest BCUT2D eigenvalue weighted by Crippen LogP contribution is 2.43. The van der Waals surface area contributed by atoms with Crippen LogP contribution in [0.4, 0.5) is 0 Å². The lowest BCUT2D eigenvalue weighted by molar-refractivity contribution is -0.161. The standard InChI is InChI=1S/C41H74NO8P/c1-3-5-7-9-11-13-15-16-17-18-19-20-21-22-24-26-28-30-32-34-41(44)50-39(38-49-51(45,46)48-36-35-42)37-47-40(43)33-31-29-27-25-23-14-12-10-8-6-4-2/h10-13,16-17,19-20,39H,3-9,14-15,18,21-38,42H2,1-2H3,(H,45,46)/b12-10-,13-11-,17-16-,20-19-. The minimum absolute atomic E-state index is 0.0483. The number of esters is 2. The Balaban J connectivity index is 4.22. The number of unbranched alkanes of at least 4 members (excludes halogenated alkanes) is 16. The minimum Gasteiger partial charge on any atom is -0.462 e. The van der Waals surface area contributed by atoms with Crippen LogP contribution in [0.15, 0.2) is 48.6 Å². The predicted octanol–water partition coefficient (Wildman–Crippen LogP) is 11.2. The molecule has 0 radical (unpaired) electrons. The van der Waals surface area contributed by atoms with E-state index in [1.165, 1.54) is 38.5 Å². The third-order valence-electron chi connectivity index (χ3n) is 8.19. The third-order valence-corrected chi connectivity index (χ3v) is 9.17. The highest BCUT2D eigenvalue weighted by molar-refractivity contribution is 7.47. The number of phosphoric acid groups is 1. The number of allylic oxidation sites excluding steroid dienone is 8. The van der Waals surface area contributed by atoms with E-state index < -0.39 is 32.5 Å². The van der Waals surface area contributed by atoms with E-state index in [0.29, 0.717) is 6.42 Å². The molecule has 0 aromatic rings. The number of phosphoric ester groups is 1. The van der Waals surface area contributed by atoms with Gasteiger partial charge in [0, 0.05) is 19.4 Å². The van der Waals surface area contributed by atoms with Gasteiger partial charge in [0.2, 0.25) is 0 Å². The van der Waals surface area contributed by atoms with E-state index in [0.717, 1.165) is 96.3 Å². The van der Waals surface area contributed by atoms with Crippen molar-refractivity contribution in [1.82, 2.24) is 0 Å². The van der Waals surface area contributed by atoms with Crippen molar-refractivity contribution in [2.24, 2.45) is 5.73 Å². The Morgan fingerprint density at radius 1 is 0.588 bits per heavy atom. The first-order valence-corrected chi connectivity index (χ1v) is 21.6. The van der Waals surface area contributed by atoms with Crippen molar-refractivity contribution in [2.45, 2.75) is 174 Å². The van der Waals surface area contributed by atoms with Gasteiger partial charge in [-0.05, 0) is 70.6 Å². The Morgan fingerprint density at radius 3 is 1.59 bits per heavy atom. The lowest BCUT2D eigenvalue weighted by Gasteiger charge is -2.19. The van der Waals surface area contributed by atoms with Gasteiger partial charge >= 0.3 is 19.8 Å². The zero-order valence-corrected chi connectivity index (χ0v) is 33.2. The predicted molar refractivity (Wildman–Crippen MR) is 210 cm³/mol. The molecule has 0 aromatic heterocycles. The summed E-state index contributed by atoms with van der Waals surface area (Å²) in [7, 11) is -4.38. The summed E-state index contributed by atoms with van der Waals surface area (Å²) in [6.45, 7) is 3.62. The smallest absolute Gasteiger partial charge is 0.462 e. The van der Waals surface area contributed by atoms with Crippen molar-refractivity contribution >= 4 is 19.8 Å². The molecule has 0 aliphatic heterocycles. The average molecular weight is 740 g/mol. The molecule has 0 aromatic carbocycles. The van der Waals surface area contributed by atoms with Crippen LogP contribution < -0.4 is 5.73 Å². The molecule has 2 unspecified atom stereocenters. The Kier molecular flexibility index (Phi) is 36.2. The summed E-state index contributed by atoms with van der Waals surface area (Å²) < 4.78 is 32.7. The summed E-state index contributed by atoms with van der Waals surface area (Å²) in [6.07, 6.45) is 41.4. The molecule has 10 heteroatoms. The van der Waals surface area contributed by atoms with Crippen molar-refractivity contribution in [3.8, 4) is 0 Å². The SMILES string of the molecule is CCCC/C=C\CCCCCCCC(=O)OCC(COP(=O)(O)OCCN)OC(=O)CCCCCCCC/C=C\C/C=C\C/C=C\CCCCC. The number of carbonyl (C=O) groups excluding carboxylic acids is 2. The Morgan fingerprint density at radius 2 is 1.04 bits per heavy atom. The maximum Gasteiger partial charge on any atom is 0.472 e. The molecule has 0 saturated heterocycles. The summed E-state index contributed by atoms with van der Waals surface area (Å²) >= 11 is 0. The number of hydrogen-bond acceptors (Lipinski definition) is 8. The first-order valence-electron chi connectivity index (χ1n) is 20.1. The molecular formula is C41H74NO8P. The van der Waals surface area contributed by atoms with Gasteiger partial charge in [0.05, 0.1) is 13.2 Å². The molecule has 0 spiro atoms. The van der Waals surface area contributed by atoms with Crippen LogP contribution in [0.2, 0.25) is 0 Å². The van der Waals surface area contributed by atoms with Gasteiger partial charge < -0.3 is 20.1 Å². The normalized spacial score (nSPS) is 13.9. The van der Waals surface area contributed by atoms with E-state index in [2.05, 4.69) is 62.5 Å². The Labute approximate surface area is 311 Å². The first kappa shape index (κ1) is 49.0. The van der Waals surface area contributed by atoms with Crippen LogP contribution in [-0.2, 0) is 32.7 Å². The molecule has 0 saturated carbocycles. The molecule has 51 heavy (non-hydrogen) atoms. The van der Waals surface area contributed by atoms with Crippen molar-refractivity contribution < 1.29 is 37.6 Å². The molecule has 0 bridgehead atoms.